The Hall–Kier alpha value is -5.49. The highest BCUT2D eigenvalue weighted by atomic mass is 79.9. The molecule has 2 aromatic rings. The Balaban J connectivity index is 1.98. The summed E-state index contributed by atoms with van der Waals surface area (Å²) in [4.78, 5) is 141. The number of halogens is 1. The Morgan fingerprint density at radius 2 is 1.21 bits per heavy atom. The first-order valence-electron chi connectivity index (χ1n) is 28.8. The highest BCUT2D eigenvalue weighted by molar-refractivity contribution is 9.10. The lowest BCUT2D eigenvalue weighted by Gasteiger charge is -2.39. The first-order chi connectivity index (χ1) is 37.4. The van der Waals surface area contributed by atoms with Crippen LogP contribution in [0.5, 0.6) is 0 Å². The molecule has 11 atom stereocenters. The zero-order valence-electron chi connectivity index (χ0n) is 50.5. The van der Waals surface area contributed by atoms with E-state index in [1.807, 2.05) is 84.0 Å². The third-order valence-corrected chi connectivity index (χ3v) is 17.1. The molecule has 18 heteroatoms. The number of nitrogens with zero attached hydrogens (tertiary/aromatic N) is 5. The van der Waals surface area contributed by atoms with Crippen LogP contribution in [0.15, 0.2) is 59.1 Å². The fourth-order valence-corrected chi connectivity index (χ4v) is 12.0. The number of ketones is 2. The van der Waals surface area contributed by atoms with Crippen LogP contribution in [-0.4, -0.2) is 165 Å². The molecule has 3 unspecified atom stereocenters. The number of cyclic esters (lactones) is 1. The minimum Gasteiger partial charge on any atom is -0.450 e. The summed E-state index contributed by atoms with van der Waals surface area (Å²) in [5.74, 6) is -9.32. The van der Waals surface area contributed by atoms with Gasteiger partial charge in [-0.2, -0.15) is 0 Å². The van der Waals surface area contributed by atoms with Gasteiger partial charge in [-0.05, 0) is 86.5 Å². The fourth-order valence-electron chi connectivity index (χ4n) is 11.7. The summed E-state index contributed by atoms with van der Waals surface area (Å²) in [7, 11) is 5.82. The van der Waals surface area contributed by atoms with E-state index in [0.717, 1.165) is 14.9 Å². The van der Waals surface area contributed by atoms with E-state index in [9.17, 15) is 38.7 Å². The summed E-state index contributed by atoms with van der Waals surface area (Å²) in [6.45, 7) is 21.1. The Kier molecular flexibility index (Phi) is 24.7. The standard InChI is InChI=1S/C62H93BrN6O11/c1-17-39(9)45-35-49(70)47-25-22-30-69(47)59(76)48(33-42-26-28-44(63)29-27-42)65(13)58(75)46(32-41-23-20-19-21-24-41)64-55(72)52(38(7)8)67(15)60(77)53(40(10)18-2)80-61(78)54(62(11,12)79)68(16)56(73)43(31-36(3)4)34-50(71)51(37(5)6)66(14)57(45)74/h19-21,23-24,26-29,36-40,43,45-48,51-54,79H,17-18,22,25,30-35H2,1-16H3,(H,64,72)/t39?,40?,43-,45+,46+,47+,48+,51+,52+,53-,54?/m1/s1. The van der Waals surface area contributed by atoms with E-state index in [1.165, 1.54) is 54.6 Å². The number of fused-ring (bicyclic) bond motifs is 1. The van der Waals surface area contributed by atoms with Crippen molar-refractivity contribution in [1.29, 1.82) is 0 Å². The summed E-state index contributed by atoms with van der Waals surface area (Å²) in [6.07, 6.45) is -0.0922. The van der Waals surface area contributed by atoms with Gasteiger partial charge in [0.1, 0.15) is 18.1 Å². The lowest BCUT2D eigenvalue weighted by molar-refractivity contribution is -0.178. The molecule has 80 heavy (non-hydrogen) atoms. The van der Waals surface area contributed by atoms with Gasteiger partial charge in [-0.15, -0.1) is 0 Å². The molecule has 6 amide bonds. The van der Waals surface area contributed by atoms with Crippen LogP contribution in [0.3, 0.4) is 0 Å². The number of Topliss-reactive ketones (excluding diaryl/α,β-unsaturated/α-hetero) is 2. The normalized spacial score (nSPS) is 26.5. The van der Waals surface area contributed by atoms with Crippen molar-refractivity contribution in [1.82, 2.24) is 29.8 Å². The summed E-state index contributed by atoms with van der Waals surface area (Å²) < 4.78 is 6.93. The second-order valence-electron chi connectivity index (χ2n) is 24.4. The highest BCUT2D eigenvalue weighted by Gasteiger charge is 2.48. The largest absolute Gasteiger partial charge is 0.450 e. The quantitative estimate of drug-likeness (QED) is 0.190. The second kappa shape index (κ2) is 29.5. The van der Waals surface area contributed by atoms with E-state index in [-0.39, 0.29) is 56.3 Å². The minimum atomic E-state index is -1.94. The van der Waals surface area contributed by atoms with E-state index in [1.54, 1.807) is 46.9 Å². The molecule has 2 aliphatic rings. The smallest absolute Gasteiger partial charge is 0.332 e. The van der Waals surface area contributed by atoms with Crippen molar-refractivity contribution in [3.05, 3.63) is 70.2 Å². The van der Waals surface area contributed by atoms with Gasteiger partial charge in [-0.3, -0.25) is 38.4 Å². The maximum absolute atomic E-state index is 15.4. The molecule has 17 nitrogen and oxygen atoms in total. The van der Waals surface area contributed by atoms with Crippen LogP contribution < -0.4 is 5.32 Å². The van der Waals surface area contributed by atoms with Crippen molar-refractivity contribution in [2.75, 3.05) is 34.7 Å². The van der Waals surface area contributed by atoms with Crippen LogP contribution in [0.1, 0.15) is 139 Å². The number of likely N-dealkylation sites (N-methyl/N-ethyl adjacent to an activating group) is 4. The molecule has 0 spiro atoms. The highest BCUT2D eigenvalue weighted by Crippen LogP contribution is 2.32. The lowest BCUT2D eigenvalue weighted by atomic mass is 9.82. The molecule has 0 aromatic heterocycles. The topological polar surface area (TPSA) is 211 Å². The molecular formula is C62H93BrN6O11. The van der Waals surface area contributed by atoms with E-state index in [0.29, 0.717) is 31.2 Å². The van der Waals surface area contributed by atoms with Gasteiger partial charge in [-0.1, -0.05) is 134 Å². The van der Waals surface area contributed by atoms with Crippen molar-refractivity contribution in [2.45, 2.75) is 189 Å². The number of ether oxygens (including phenoxy) is 1. The molecule has 4 rings (SSSR count). The summed E-state index contributed by atoms with van der Waals surface area (Å²) in [6, 6.07) is 9.12. The molecule has 0 aliphatic carbocycles. The summed E-state index contributed by atoms with van der Waals surface area (Å²) in [5.41, 5.74) is -0.514. The number of aliphatic hydroxyl groups is 1. The van der Waals surface area contributed by atoms with Crippen LogP contribution in [0.2, 0.25) is 0 Å². The SMILES string of the molecule is CCC(C)[C@@H]1CC(=O)[C@@H]2CCCN2C(=O)[C@H](Cc2ccc(Br)cc2)N(C)C(=O)[C@H](Cc2ccccc2)NC(=O)[C@H](C(C)C)N(C)C(=O)[C@@H](C(C)CC)OC(=O)C(C(C)(C)O)N(C)C(=O)[C@H](CC(C)C)CC(=O)[C@H](C(C)C)N(C)C1=O. The molecule has 2 heterocycles. The maximum Gasteiger partial charge on any atom is 0.332 e. The van der Waals surface area contributed by atoms with Gasteiger partial charge in [0.2, 0.25) is 29.5 Å². The monoisotopic (exact) mass is 1180 g/mol. The van der Waals surface area contributed by atoms with Crippen molar-refractivity contribution >= 4 is 68.9 Å². The Morgan fingerprint density at radius 3 is 1.75 bits per heavy atom. The van der Waals surface area contributed by atoms with Crippen LogP contribution in [0.25, 0.3) is 0 Å². The number of carbonyl (C=O) groups excluding carboxylic acids is 9. The number of esters is 1. The third kappa shape index (κ3) is 16.8. The number of carbonyl (C=O) groups is 9. The predicted octanol–water partition coefficient (Wildman–Crippen LogP) is 7.32. The number of hydrogen-bond acceptors (Lipinski definition) is 11. The molecule has 0 radical (unpaired) electrons. The molecule has 2 fully saturated rings. The van der Waals surface area contributed by atoms with Gasteiger partial charge in [0.05, 0.1) is 17.7 Å². The third-order valence-electron chi connectivity index (χ3n) is 16.5. The molecule has 0 saturated carbocycles. The van der Waals surface area contributed by atoms with Gasteiger partial charge >= 0.3 is 5.97 Å². The zero-order valence-corrected chi connectivity index (χ0v) is 52.1. The number of hydrogen-bond donors (Lipinski definition) is 2. The van der Waals surface area contributed by atoms with E-state index >= 15 is 9.59 Å². The molecule has 2 aliphatic heterocycles. The van der Waals surface area contributed by atoms with Crippen molar-refractivity contribution in [2.24, 2.45) is 41.4 Å². The number of nitrogens with one attached hydrogen (secondary N) is 1. The Bertz CT molecular complexity index is 2480. The minimum absolute atomic E-state index is 0.000687. The van der Waals surface area contributed by atoms with Crippen molar-refractivity contribution < 1.29 is 53.0 Å². The van der Waals surface area contributed by atoms with Crippen LogP contribution in [0.4, 0.5) is 0 Å². The molecule has 2 saturated heterocycles. The van der Waals surface area contributed by atoms with Gasteiger partial charge in [0, 0.05) is 82.6 Å². The van der Waals surface area contributed by atoms with E-state index in [4.69, 9.17) is 4.74 Å². The van der Waals surface area contributed by atoms with Crippen LogP contribution in [0, 0.1) is 41.4 Å². The summed E-state index contributed by atoms with van der Waals surface area (Å²) in [5, 5.41) is 14.7. The lowest BCUT2D eigenvalue weighted by Crippen LogP contribution is -2.61. The molecule has 2 N–H and O–H groups in total. The first kappa shape index (κ1) is 67.0. The Labute approximate surface area is 484 Å². The Morgan fingerprint density at radius 1 is 0.650 bits per heavy atom. The van der Waals surface area contributed by atoms with E-state index < -0.39 is 125 Å². The van der Waals surface area contributed by atoms with Crippen LogP contribution in [-0.2, 0) is 60.7 Å². The van der Waals surface area contributed by atoms with Gasteiger partial charge < -0.3 is 39.7 Å². The average Bonchev–Trinajstić information content (AvgIpc) is 3.90. The fraction of sp³-hybridized carbons (Fsp3) is 0.661. The predicted molar refractivity (Wildman–Crippen MR) is 311 cm³/mol. The number of rotatable bonds is 13. The molecule has 2 aromatic carbocycles. The van der Waals surface area contributed by atoms with Gasteiger partial charge in [0.25, 0.3) is 5.91 Å². The van der Waals surface area contributed by atoms with Crippen LogP contribution >= 0.6 is 15.9 Å². The van der Waals surface area contributed by atoms with Crippen molar-refractivity contribution in [3.63, 3.8) is 0 Å². The number of amides is 6. The van der Waals surface area contributed by atoms with E-state index in [2.05, 4.69) is 21.2 Å². The molecule has 0 bridgehead atoms. The van der Waals surface area contributed by atoms with Gasteiger partial charge in [-0.25, -0.2) is 4.79 Å². The molecular weight excluding hydrogens is 1080 g/mol. The summed E-state index contributed by atoms with van der Waals surface area (Å²) >= 11 is 3.49. The average molecular weight is 1180 g/mol. The number of benzene rings is 2. The zero-order chi connectivity index (χ0) is 60.2. The first-order valence-corrected chi connectivity index (χ1v) is 29.6. The van der Waals surface area contributed by atoms with Gasteiger partial charge in [0.15, 0.2) is 23.7 Å². The second-order valence-corrected chi connectivity index (χ2v) is 25.3. The molecule has 444 valence electrons. The van der Waals surface area contributed by atoms with Crippen molar-refractivity contribution in [3.8, 4) is 0 Å². The maximum atomic E-state index is 15.4.